The maximum Gasteiger partial charge on any atom is 0.433 e. The summed E-state index contributed by atoms with van der Waals surface area (Å²) in [6.07, 6.45) is -2.02. The highest BCUT2D eigenvalue weighted by Crippen LogP contribution is 2.38. The molecule has 0 aliphatic heterocycles. The Kier molecular flexibility index (Phi) is 2.56. The van der Waals surface area contributed by atoms with Crippen molar-refractivity contribution in [2.45, 2.75) is 32.4 Å². The first-order valence-electron chi connectivity index (χ1n) is 5.22. The third-order valence-electron chi connectivity index (χ3n) is 2.99. The van der Waals surface area contributed by atoms with Gasteiger partial charge in [0.1, 0.15) is 5.69 Å². The number of halogens is 3. The van der Waals surface area contributed by atoms with Crippen LogP contribution in [0.1, 0.15) is 28.9 Å². The standard InChI is InChI=1S/C11H13F3N2/c1-6-9(15-2)7-4-3-5-8(7)16-10(6)11(12,13)14/h3-5H2,1-2H3,(H,15,16). The predicted octanol–water partition coefficient (Wildman–Crippen LogP) is 2.94. The van der Waals surface area contributed by atoms with Crippen LogP contribution >= 0.6 is 0 Å². The molecule has 2 nitrogen and oxygen atoms in total. The van der Waals surface area contributed by atoms with E-state index in [9.17, 15) is 13.2 Å². The molecule has 0 aromatic carbocycles. The molecule has 1 aromatic heterocycles. The number of anilines is 1. The minimum atomic E-state index is -4.37. The number of hydrogen-bond donors (Lipinski definition) is 1. The molecule has 0 radical (unpaired) electrons. The summed E-state index contributed by atoms with van der Waals surface area (Å²) in [6.45, 7) is 1.47. The summed E-state index contributed by atoms with van der Waals surface area (Å²) in [5.74, 6) is 0. The van der Waals surface area contributed by atoms with E-state index in [1.807, 2.05) is 0 Å². The first kappa shape index (κ1) is 11.2. The van der Waals surface area contributed by atoms with Crippen molar-refractivity contribution in [3.63, 3.8) is 0 Å². The molecule has 0 saturated heterocycles. The van der Waals surface area contributed by atoms with Crippen molar-refractivity contribution in [2.24, 2.45) is 0 Å². The van der Waals surface area contributed by atoms with Crippen LogP contribution in [0.4, 0.5) is 18.9 Å². The predicted molar refractivity (Wildman–Crippen MR) is 55.5 cm³/mol. The van der Waals surface area contributed by atoms with Crippen LogP contribution in [0.3, 0.4) is 0 Å². The van der Waals surface area contributed by atoms with E-state index in [1.54, 1.807) is 7.05 Å². The number of fused-ring (bicyclic) bond motifs is 1. The van der Waals surface area contributed by atoms with Gasteiger partial charge < -0.3 is 5.32 Å². The number of rotatable bonds is 1. The van der Waals surface area contributed by atoms with E-state index in [2.05, 4.69) is 10.3 Å². The summed E-state index contributed by atoms with van der Waals surface area (Å²) >= 11 is 0. The molecular formula is C11H13F3N2. The molecule has 5 heteroatoms. The van der Waals surface area contributed by atoms with Crippen LogP contribution in [0, 0.1) is 6.92 Å². The van der Waals surface area contributed by atoms with Crippen molar-refractivity contribution < 1.29 is 13.2 Å². The van der Waals surface area contributed by atoms with E-state index in [0.717, 1.165) is 18.4 Å². The smallest absolute Gasteiger partial charge is 0.388 e. The monoisotopic (exact) mass is 230 g/mol. The van der Waals surface area contributed by atoms with Gasteiger partial charge in [0, 0.05) is 24.0 Å². The Balaban J connectivity index is 2.66. The third-order valence-corrected chi connectivity index (χ3v) is 2.99. The molecule has 0 atom stereocenters. The second kappa shape index (κ2) is 3.64. The molecule has 1 heterocycles. The molecule has 0 fully saturated rings. The summed E-state index contributed by atoms with van der Waals surface area (Å²) in [7, 11) is 1.65. The molecule has 0 saturated carbocycles. The Bertz CT molecular complexity index is 424. The normalized spacial score (nSPS) is 15.1. The Morgan fingerprint density at radius 3 is 2.50 bits per heavy atom. The van der Waals surface area contributed by atoms with E-state index in [1.165, 1.54) is 6.92 Å². The fourth-order valence-electron chi connectivity index (χ4n) is 2.30. The maximum absolute atomic E-state index is 12.7. The second-order valence-corrected chi connectivity index (χ2v) is 3.99. The zero-order valence-electron chi connectivity index (χ0n) is 9.20. The van der Waals surface area contributed by atoms with Gasteiger partial charge in [-0.25, -0.2) is 4.98 Å². The van der Waals surface area contributed by atoms with Gasteiger partial charge in [0.25, 0.3) is 0 Å². The molecule has 0 amide bonds. The number of aromatic nitrogens is 1. The van der Waals surface area contributed by atoms with Crippen molar-refractivity contribution in [3.8, 4) is 0 Å². The highest BCUT2D eigenvalue weighted by molar-refractivity contribution is 5.61. The zero-order chi connectivity index (χ0) is 11.9. The van der Waals surface area contributed by atoms with Crippen LogP contribution in [-0.2, 0) is 19.0 Å². The van der Waals surface area contributed by atoms with Gasteiger partial charge in [-0.3, -0.25) is 0 Å². The minimum Gasteiger partial charge on any atom is -0.388 e. The number of alkyl halides is 3. The van der Waals surface area contributed by atoms with Gasteiger partial charge >= 0.3 is 6.18 Å². The molecule has 0 spiro atoms. The summed E-state index contributed by atoms with van der Waals surface area (Å²) in [5, 5.41) is 2.87. The molecule has 1 N–H and O–H groups in total. The topological polar surface area (TPSA) is 24.9 Å². The van der Waals surface area contributed by atoms with Gasteiger partial charge in [-0.05, 0) is 31.7 Å². The SMILES string of the molecule is CNc1c(C)c(C(F)(F)F)nc2c1CCC2. The number of nitrogens with one attached hydrogen (secondary N) is 1. The number of pyridine rings is 1. The average Bonchev–Trinajstić information content (AvgIpc) is 2.62. The molecule has 2 rings (SSSR count). The van der Waals surface area contributed by atoms with Crippen LogP contribution in [0.5, 0.6) is 0 Å². The van der Waals surface area contributed by atoms with E-state index in [4.69, 9.17) is 0 Å². The quantitative estimate of drug-likeness (QED) is 0.802. The first-order chi connectivity index (χ1) is 7.45. The Hall–Kier alpha value is -1.26. The lowest BCUT2D eigenvalue weighted by Gasteiger charge is -2.16. The second-order valence-electron chi connectivity index (χ2n) is 3.99. The van der Waals surface area contributed by atoms with Crippen molar-refractivity contribution in [1.29, 1.82) is 0 Å². The van der Waals surface area contributed by atoms with Crippen LogP contribution in [-0.4, -0.2) is 12.0 Å². The Morgan fingerprint density at radius 2 is 1.94 bits per heavy atom. The van der Waals surface area contributed by atoms with Crippen molar-refractivity contribution in [2.75, 3.05) is 12.4 Å². The highest BCUT2D eigenvalue weighted by atomic mass is 19.4. The lowest BCUT2D eigenvalue weighted by Crippen LogP contribution is -2.14. The Morgan fingerprint density at radius 1 is 1.25 bits per heavy atom. The average molecular weight is 230 g/mol. The van der Waals surface area contributed by atoms with Crippen LogP contribution in [0.15, 0.2) is 0 Å². The van der Waals surface area contributed by atoms with Crippen molar-refractivity contribution >= 4 is 5.69 Å². The lowest BCUT2D eigenvalue weighted by molar-refractivity contribution is -0.141. The van der Waals surface area contributed by atoms with E-state index in [0.29, 0.717) is 17.8 Å². The fraction of sp³-hybridized carbons (Fsp3) is 0.545. The fourth-order valence-corrected chi connectivity index (χ4v) is 2.30. The largest absolute Gasteiger partial charge is 0.433 e. The van der Waals surface area contributed by atoms with Gasteiger partial charge in [-0.15, -0.1) is 0 Å². The van der Waals surface area contributed by atoms with Crippen LogP contribution < -0.4 is 5.32 Å². The summed E-state index contributed by atoms with van der Waals surface area (Å²) in [4.78, 5) is 3.77. The van der Waals surface area contributed by atoms with Crippen molar-refractivity contribution in [1.82, 2.24) is 4.98 Å². The Labute approximate surface area is 91.9 Å². The zero-order valence-corrected chi connectivity index (χ0v) is 9.20. The molecule has 1 aliphatic rings. The molecule has 88 valence electrons. The molecule has 0 bridgehead atoms. The number of hydrogen-bond acceptors (Lipinski definition) is 2. The van der Waals surface area contributed by atoms with Gasteiger partial charge in [0.15, 0.2) is 0 Å². The molecule has 16 heavy (non-hydrogen) atoms. The minimum absolute atomic E-state index is 0.204. The molecule has 1 aromatic rings. The summed E-state index contributed by atoms with van der Waals surface area (Å²) in [6, 6.07) is 0. The lowest BCUT2D eigenvalue weighted by atomic mass is 10.1. The molecular weight excluding hydrogens is 217 g/mol. The van der Waals surface area contributed by atoms with Gasteiger partial charge in [-0.1, -0.05) is 0 Å². The number of nitrogens with zero attached hydrogens (tertiary/aromatic N) is 1. The number of aryl methyl sites for hydroxylation is 1. The summed E-state index contributed by atoms with van der Waals surface area (Å²) in [5.41, 5.74) is 1.61. The van der Waals surface area contributed by atoms with Crippen LogP contribution in [0.2, 0.25) is 0 Å². The van der Waals surface area contributed by atoms with Gasteiger partial charge in [-0.2, -0.15) is 13.2 Å². The van der Waals surface area contributed by atoms with E-state index < -0.39 is 11.9 Å². The van der Waals surface area contributed by atoms with E-state index >= 15 is 0 Å². The highest BCUT2D eigenvalue weighted by Gasteiger charge is 2.37. The van der Waals surface area contributed by atoms with Gasteiger partial charge in [0.2, 0.25) is 0 Å². The molecule has 1 aliphatic carbocycles. The van der Waals surface area contributed by atoms with Crippen LogP contribution in [0.25, 0.3) is 0 Å². The third kappa shape index (κ3) is 1.64. The van der Waals surface area contributed by atoms with E-state index in [-0.39, 0.29) is 5.56 Å². The van der Waals surface area contributed by atoms with Gasteiger partial charge in [0.05, 0.1) is 0 Å². The molecule has 0 unspecified atom stereocenters. The van der Waals surface area contributed by atoms with Crippen molar-refractivity contribution in [3.05, 3.63) is 22.5 Å². The maximum atomic E-state index is 12.7. The summed E-state index contributed by atoms with van der Waals surface area (Å²) < 4.78 is 38.2. The first-order valence-corrected chi connectivity index (χ1v) is 5.22.